The normalized spacial score (nSPS) is 29.7. The summed E-state index contributed by atoms with van der Waals surface area (Å²) in [5, 5.41) is 3.09. The van der Waals surface area contributed by atoms with Gasteiger partial charge in [0.15, 0.2) is 9.84 Å². The van der Waals surface area contributed by atoms with Crippen LogP contribution < -0.4 is 5.32 Å². The molecule has 2 aliphatic rings. The molecule has 7 nitrogen and oxygen atoms in total. The number of sulfone groups is 1. The molecular weight excluding hydrogens is 272 g/mol. The van der Waals surface area contributed by atoms with Crippen LogP contribution in [0.3, 0.4) is 0 Å². The van der Waals surface area contributed by atoms with Gasteiger partial charge >= 0.3 is 6.03 Å². The van der Waals surface area contributed by atoms with Crippen molar-refractivity contribution >= 4 is 27.7 Å². The zero-order valence-electron chi connectivity index (χ0n) is 10.3. The fourth-order valence-electron chi connectivity index (χ4n) is 2.21. The minimum absolute atomic E-state index is 0.320. The van der Waals surface area contributed by atoms with Crippen LogP contribution in [-0.4, -0.2) is 43.0 Å². The van der Waals surface area contributed by atoms with Crippen molar-refractivity contribution < 1.29 is 22.8 Å². The Hall–Kier alpha value is -1.70. The van der Waals surface area contributed by atoms with Crippen LogP contribution in [0.4, 0.5) is 4.79 Å². The van der Waals surface area contributed by atoms with Crippen molar-refractivity contribution in [2.24, 2.45) is 5.92 Å². The zero-order valence-corrected chi connectivity index (χ0v) is 11.1. The lowest BCUT2D eigenvalue weighted by Gasteiger charge is -2.32. The maximum atomic E-state index is 12.1. The molecule has 0 aliphatic carbocycles. The fraction of sp³-hybridized carbons (Fsp3) is 0.545. The van der Waals surface area contributed by atoms with Crippen LogP contribution in [0.5, 0.6) is 0 Å². The second-order valence-electron chi connectivity index (χ2n) is 4.57. The largest absolute Gasteiger partial charge is 0.331 e. The average Bonchev–Trinajstić information content (AvgIpc) is 2.64. The molecule has 1 N–H and O–H groups in total. The summed E-state index contributed by atoms with van der Waals surface area (Å²) in [6.07, 6.45) is 2.24. The minimum Gasteiger partial charge on any atom is -0.277 e. The van der Waals surface area contributed by atoms with Gasteiger partial charge in [-0.2, -0.15) is 0 Å². The Morgan fingerprint density at radius 2 is 2.05 bits per heavy atom. The molecule has 0 bridgehead atoms. The standard InChI is InChI=1S/C11H14N2O5S/c1-2-3-8-9(14)12-11(16)13(10(8)15)7-4-5-19(17,18)6-7/h4-5,7-8H,2-3,6H2,1H3,(H,12,14,16). The molecule has 2 heterocycles. The third-order valence-corrected chi connectivity index (χ3v) is 4.50. The summed E-state index contributed by atoms with van der Waals surface area (Å²) in [6.45, 7) is 1.82. The van der Waals surface area contributed by atoms with Gasteiger partial charge < -0.3 is 0 Å². The fourth-order valence-corrected chi connectivity index (χ4v) is 3.48. The van der Waals surface area contributed by atoms with Gasteiger partial charge in [-0.1, -0.05) is 13.3 Å². The molecule has 8 heteroatoms. The highest BCUT2D eigenvalue weighted by Gasteiger charge is 2.44. The summed E-state index contributed by atoms with van der Waals surface area (Å²) < 4.78 is 22.7. The first-order chi connectivity index (χ1) is 8.85. The lowest BCUT2D eigenvalue weighted by atomic mass is 9.98. The molecule has 1 fully saturated rings. The molecule has 0 saturated carbocycles. The van der Waals surface area contributed by atoms with Crippen LogP contribution >= 0.6 is 0 Å². The number of hydrogen-bond acceptors (Lipinski definition) is 5. The summed E-state index contributed by atoms with van der Waals surface area (Å²) in [5.74, 6) is -2.47. The van der Waals surface area contributed by atoms with E-state index < -0.39 is 39.6 Å². The van der Waals surface area contributed by atoms with Gasteiger partial charge in [0.2, 0.25) is 11.8 Å². The molecule has 2 atom stereocenters. The van der Waals surface area contributed by atoms with Crippen molar-refractivity contribution in [2.45, 2.75) is 25.8 Å². The first-order valence-electron chi connectivity index (χ1n) is 5.94. The molecule has 2 unspecified atom stereocenters. The lowest BCUT2D eigenvalue weighted by molar-refractivity contribution is -0.143. The van der Waals surface area contributed by atoms with Gasteiger partial charge in [-0.15, -0.1) is 0 Å². The van der Waals surface area contributed by atoms with Gasteiger partial charge in [-0.25, -0.2) is 13.2 Å². The van der Waals surface area contributed by atoms with Crippen LogP contribution in [0, 0.1) is 5.92 Å². The van der Waals surface area contributed by atoms with Crippen LogP contribution in [0.2, 0.25) is 0 Å². The van der Waals surface area contributed by atoms with E-state index in [2.05, 4.69) is 5.32 Å². The Bertz CT molecular complexity index is 566. The number of nitrogens with one attached hydrogen (secondary N) is 1. The smallest absolute Gasteiger partial charge is 0.277 e. The first kappa shape index (κ1) is 13.7. The highest BCUT2D eigenvalue weighted by atomic mass is 32.2. The highest BCUT2D eigenvalue weighted by molar-refractivity contribution is 7.94. The maximum Gasteiger partial charge on any atom is 0.331 e. The second kappa shape index (κ2) is 4.76. The molecule has 0 spiro atoms. The monoisotopic (exact) mass is 286 g/mol. The van der Waals surface area contributed by atoms with E-state index >= 15 is 0 Å². The molecule has 19 heavy (non-hydrogen) atoms. The third-order valence-electron chi connectivity index (χ3n) is 3.12. The van der Waals surface area contributed by atoms with Gasteiger partial charge in [0.25, 0.3) is 0 Å². The van der Waals surface area contributed by atoms with E-state index in [9.17, 15) is 22.8 Å². The molecule has 1 saturated heterocycles. The van der Waals surface area contributed by atoms with E-state index in [0.29, 0.717) is 12.8 Å². The minimum atomic E-state index is -3.37. The van der Waals surface area contributed by atoms with Gasteiger partial charge in [-0.3, -0.25) is 19.8 Å². The van der Waals surface area contributed by atoms with Gasteiger partial charge in [0, 0.05) is 5.41 Å². The van der Waals surface area contributed by atoms with E-state index in [-0.39, 0.29) is 5.75 Å². The van der Waals surface area contributed by atoms with E-state index in [4.69, 9.17) is 0 Å². The van der Waals surface area contributed by atoms with Crippen LogP contribution in [0.15, 0.2) is 11.5 Å². The summed E-state index contributed by atoms with van der Waals surface area (Å²) >= 11 is 0. The number of nitrogens with zero attached hydrogens (tertiary/aromatic N) is 1. The lowest BCUT2D eigenvalue weighted by Crippen LogP contribution is -2.61. The predicted octanol–water partition coefficient (Wildman–Crippen LogP) is -0.208. The number of barbiturate groups is 1. The number of urea groups is 1. The number of carbonyl (C=O) groups is 3. The third kappa shape index (κ3) is 2.53. The SMILES string of the molecule is CCCC1C(=O)NC(=O)N(C2C=CS(=O)(=O)C2)C1=O. The Morgan fingerprint density at radius 3 is 2.58 bits per heavy atom. The van der Waals surface area contributed by atoms with Crippen molar-refractivity contribution in [3.63, 3.8) is 0 Å². The van der Waals surface area contributed by atoms with Crippen LogP contribution in [0.25, 0.3) is 0 Å². The van der Waals surface area contributed by atoms with Gasteiger partial charge in [0.05, 0.1) is 11.8 Å². The summed E-state index contributed by atoms with van der Waals surface area (Å²) in [6, 6.07) is -1.68. The topological polar surface area (TPSA) is 101 Å². The number of rotatable bonds is 3. The first-order valence-corrected chi connectivity index (χ1v) is 7.66. The quantitative estimate of drug-likeness (QED) is 0.724. The molecule has 2 aliphatic heterocycles. The molecular formula is C11H14N2O5S. The molecule has 0 radical (unpaired) electrons. The van der Waals surface area contributed by atoms with Gasteiger partial charge in [-0.05, 0) is 12.5 Å². The molecule has 0 aromatic rings. The van der Waals surface area contributed by atoms with E-state index in [1.807, 2.05) is 6.92 Å². The van der Waals surface area contributed by atoms with E-state index in [0.717, 1.165) is 10.3 Å². The van der Waals surface area contributed by atoms with Crippen molar-refractivity contribution in [3.8, 4) is 0 Å². The summed E-state index contributed by atoms with van der Waals surface area (Å²) in [7, 11) is -3.37. The average molecular weight is 286 g/mol. The number of amides is 4. The van der Waals surface area contributed by atoms with Crippen LogP contribution in [0.1, 0.15) is 19.8 Å². The molecule has 104 valence electrons. The predicted molar refractivity (Wildman–Crippen MR) is 65.5 cm³/mol. The van der Waals surface area contributed by atoms with Gasteiger partial charge in [0.1, 0.15) is 5.92 Å². The van der Waals surface area contributed by atoms with Crippen molar-refractivity contribution in [2.75, 3.05) is 5.75 Å². The Labute approximate surface area is 110 Å². The number of hydrogen-bond donors (Lipinski definition) is 1. The number of imide groups is 2. The van der Waals surface area contributed by atoms with Crippen molar-refractivity contribution in [3.05, 3.63) is 11.5 Å². The van der Waals surface area contributed by atoms with Crippen molar-refractivity contribution in [1.29, 1.82) is 0 Å². The van der Waals surface area contributed by atoms with E-state index in [1.54, 1.807) is 0 Å². The summed E-state index contributed by atoms with van der Waals surface area (Å²) in [5.41, 5.74) is 0. The number of carbonyl (C=O) groups excluding carboxylic acids is 3. The van der Waals surface area contributed by atoms with Crippen molar-refractivity contribution in [1.82, 2.24) is 10.2 Å². The highest BCUT2D eigenvalue weighted by Crippen LogP contribution is 2.22. The molecule has 2 rings (SSSR count). The zero-order chi connectivity index (χ0) is 14.2. The van der Waals surface area contributed by atoms with Crippen LogP contribution in [-0.2, 0) is 19.4 Å². The molecule has 4 amide bonds. The molecule has 0 aromatic carbocycles. The Morgan fingerprint density at radius 1 is 1.37 bits per heavy atom. The Kier molecular flexibility index (Phi) is 3.44. The molecule has 0 aromatic heterocycles. The second-order valence-corrected chi connectivity index (χ2v) is 6.50. The Balaban J connectivity index is 2.25. The maximum absolute atomic E-state index is 12.1. The van der Waals surface area contributed by atoms with E-state index in [1.165, 1.54) is 6.08 Å². The summed E-state index contributed by atoms with van der Waals surface area (Å²) in [4.78, 5) is 36.3.